The molecule has 12 nitrogen and oxygen atoms in total. The number of aliphatic hydroxyl groups excluding tert-OH is 2. The highest BCUT2D eigenvalue weighted by atomic mass is 32.1. The molecule has 370 valence electrons. The molecular weight excluding hydrogens is 873 g/mol. The van der Waals surface area contributed by atoms with Gasteiger partial charge in [0.15, 0.2) is 0 Å². The first kappa shape index (κ1) is 55.6. The van der Waals surface area contributed by atoms with Gasteiger partial charge in [-0.3, -0.25) is 0 Å². The number of thiophene rings is 2. The van der Waals surface area contributed by atoms with E-state index in [0.29, 0.717) is 102 Å². The number of hydrogen-bond acceptors (Lipinski definition) is 10. The number of hydrogen-bond donors (Lipinski definition) is 2. The summed E-state index contributed by atoms with van der Waals surface area (Å²) >= 11 is 3.46. The van der Waals surface area contributed by atoms with Crippen LogP contribution in [0.25, 0.3) is 31.7 Å². The molecule has 2 aromatic heterocycles. The van der Waals surface area contributed by atoms with Gasteiger partial charge in [0.25, 0.3) is 0 Å². The Kier molecular flexibility index (Phi) is 26.9. The van der Waals surface area contributed by atoms with Gasteiger partial charge in [0.1, 0.15) is 12.2 Å². The minimum Gasteiger partial charge on any atom is -0.487 e. The zero-order chi connectivity index (χ0) is 47.3. The predicted octanol–water partition coefficient (Wildman–Crippen LogP) is 11.6. The van der Waals surface area contributed by atoms with Crippen molar-refractivity contribution in [1.82, 2.24) is 0 Å². The number of benzene rings is 2. The molecule has 2 N–H and O–H groups in total. The number of nitrogens with zero attached hydrogens (tertiary/aromatic N) is 4. The summed E-state index contributed by atoms with van der Waals surface area (Å²) in [7, 11) is 8.15. The first-order valence-corrected chi connectivity index (χ1v) is 25.9. The molecule has 14 heteroatoms. The summed E-state index contributed by atoms with van der Waals surface area (Å²) in [5, 5.41) is 21.0. The molecule has 0 bridgehead atoms. The van der Waals surface area contributed by atoms with Crippen LogP contribution in [-0.2, 0) is 41.6 Å². The molecule has 0 amide bonds. The lowest BCUT2D eigenvalue weighted by Gasteiger charge is -2.44. The van der Waals surface area contributed by atoms with Crippen LogP contribution in [0.4, 0.5) is 11.4 Å². The number of rotatable bonds is 39. The van der Waals surface area contributed by atoms with Gasteiger partial charge in [-0.25, -0.2) is 0 Å². The second-order valence-electron chi connectivity index (χ2n) is 18.0. The monoisotopic (exact) mass is 955 g/mol. The minimum atomic E-state index is -0.338. The molecule has 4 rings (SSSR count). The Morgan fingerprint density at radius 1 is 0.439 bits per heavy atom. The number of ether oxygens (including phenoxy) is 6. The standard InChI is InChI=1S/C52H82N4O8S2/c1-7-9-11-13-15-47(57)39-55(3,4)53-45-21-17-43(18-22-45)51-27-25-49(65-51)41-63-37-35-61-33-31-59-29-30-60-32-34-62-36-38-64-42-50-26-28-52(66-50)44-19-23-46(24-20-44)54-56(5,6)40-48(58)16-14-12-10-8-2/h17-28,47-48,57-58H,7-16,29-42H2,1-6H3. The van der Waals surface area contributed by atoms with Crippen molar-refractivity contribution >= 4 is 34.0 Å². The largest absolute Gasteiger partial charge is 0.487 e. The average molecular weight is 955 g/mol. The minimum absolute atomic E-state index is 0.338. The van der Waals surface area contributed by atoms with Crippen molar-refractivity contribution in [2.75, 3.05) is 107 Å². The van der Waals surface area contributed by atoms with Crippen molar-refractivity contribution in [2.24, 2.45) is 0 Å². The maximum absolute atomic E-state index is 10.5. The van der Waals surface area contributed by atoms with Crippen molar-refractivity contribution in [3.05, 3.63) is 93.4 Å². The van der Waals surface area contributed by atoms with Crippen LogP contribution in [0.2, 0.25) is 0 Å². The zero-order valence-corrected chi connectivity index (χ0v) is 42.6. The van der Waals surface area contributed by atoms with Crippen molar-refractivity contribution < 1.29 is 47.8 Å². The maximum Gasteiger partial charge on any atom is 0.103 e. The fourth-order valence-electron chi connectivity index (χ4n) is 7.48. The lowest BCUT2D eigenvalue weighted by molar-refractivity contribution is -0.853. The molecule has 0 spiro atoms. The number of aliphatic hydroxyl groups is 2. The first-order valence-electron chi connectivity index (χ1n) is 24.3. The van der Waals surface area contributed by atoms with E-state index in [1.807, 2.05) is 28.2 Å². The van der Waals surface area contributed by atoms with E-state index in [-0.39, 0.29) is 12.2 Å². The van der Waals surface area contributed by atoms with Gasteiger partial charge in [0, 0.05) is 19.5 Å². The van der Waals surface area contributed by atoms with Crippen LogP contribution in [0.1, 0.15) is 87.8 Å². The van der Waals surface area contributed by atoms with Crippen LogP contribution in [0.5, 0.6) is 0 Å². The highest BCUT2D eigenvalue weighted by Crippen LogP contribution is 2.34. The zero-order valence-electron chi connectivity index (χ0n) is 41.0. The van der Waals surface area contributed by atoms with Crippen molar-refractivity contribution in [1.29, 1.82) is 0 Å². The Morgan fingerprint density at radius 3 is 1.11 bits per heavy atom. The Labute approximate surface area is 405 Å². The summed E-state index contributed by atoms with van der Waals surface area (Å²) in [4.78, 5) is 4.73. The van der Waals surface area contributed by atoms with Crippen LogP contribution >= 0.6 is 22.7 Å². The number of likely N-dealkylation sites (N-methyl/N-ethyl adjacent to an activating group) is 2. The Morgan fingerprint density at radius 2 is 0.773 bits per heavy atom. The van der Waals surface area contributed by atoms with Gasteiger partial charge in [-0.05, 0) is 48.2 Å². The van der Waals surface area contributed by atoms with E-state index in [2.05, 4.69) is 86.6 Å². The van der Waals surface area contributed by atoms with Crippen LogP contribution in [0, 0.1) is 0 Å². The molecule has 2 unspecified atom stereocenters. The molecule has 2 heterocycles. The SMILES string of the molecule is CCCCCCC(O)C[N+](C)(C)[N-]c1ccc(-c2ccc(COCCOCCOCCOCCOCCOCc3ccc(-c4ccc([N-][N+](C)(C)CC(O)CCCCCC)cc4)s3)s2)cc1. The Bertz CT molecular complexity index is 1690. The molecule has 0 fully saturated rings. The van der Waals surface area contributed by atoms with Crippen LogP contribution < -0.4 is 0 Å². The second kappa shape index (κ2) is 32.0. The fourth-order valence-corrected chi connectivity index (χ4v) is 9.39. The maximum atomic E-state index is 10.5. The summed E-state index contributed by atoms with van der Waals surface area (Å²) in [5.74, 6) is 0. The highest BCUT2D eigenvalue weighted by molar-refractivity contribution is 7.15. The predicted molar refractivity (Wildman–Crippen MR) is 272 cm³/mol. The van der Waals surface area contributed by atoms with Crippen LogP contribution in [0.3, 0.4) is 0 Å². The van der Waals surface area contributed by atoms with Gasteiger partial charge in [0.2, 0.25) is 0 Å². The Balaban J connectivity index is 0.930. The van der Waals surface area contributed by atoms with E-state index in [9.17, 15) is 10.2 Å². The average Bonchev–Trinajstić information content (AvgIpc) is 3.97. The third-order valence-corrected chi connectivity index (χ3v) is 13.1. The van der Waals surface area contributed by atoms with E-state index in [4.69, 9.17) is 39.3 Å². The van der Waals surface area contributed by atoms with Crippen molar-refractivity contribution in [3.8, 4) is 20.9 Å². The molecule has 2 atom stereocenters. The van der Waals surface area contributed by atoms with Gasteiger partial charge >= 0.3 is 0 Å². The number of unbranched alkanes of at least 4 members (excludes halogenated alkanes) is 6. The molecule has 66 heavy (non-hydrogen) atoms. The highest BCUT2D eigenvalue weighted by Gasteiger charge is 2.16. The Hall–Kier alpha value is -2.96. The summed E-state index contributed by atoms with van der Waals surface area (Å²) in [6, 6.07) is 25.2. The van der Waals surface area contributed by atoms with Gasteiger partial charge in [0.05, 0.1) is 121 Å². The third kappa shape index (κ3) is 23.9. The smallest absolute Gasteiger partial charge is 0.103 e. The lowest BCUT2D eigenvalue weighted by Crippen LogP contribution is -2.40. The lowest BCUT2D eigenvalue weighted by atomic mass is 10.1. The van der Waals surface area contributed by atoms with E-state index in [1.165, 1.54) is 58.0 Å². The van der Waals surface area contributed by atoms with E-state index < -0.39 is 0 Å². The van der Waals surface area contributed by atoms with Crippen LogP contribution in [0.15, 0.2) is 72.8 Å². The quantitative estimate of drug-likeness (QED) is 0.0257. The van der Waals surface area contributed by atoms with Crippen molar-refractivity contribution in [2.45, 2.75) is 103 Å². The molecule has 0 aliphatic heterocycles. The topological polar surface area (TPSA) is 124 Å². The molecule has 0 aliphatic rings. The molecule has 0 radical (unpaired) electrons. The molecule has 0 aliphatic carbocycles. The second-order valence-corrected chi connectivity index (χ2v) is 20.3. The third-order valence-electron chi connectivity index (χ3n) is 10.8. The van der Waals surface area contributed by atoms with Gasteiger partial charge in [-0.1, -0.05) is 125 Å². The summed E-state index contributed by atoms with van der Waals surface area (Å²) < 4.78 is 35.1. The molecule has 4 aromatic rings. The summed E-state index contributed by atoms with van der Waals surface area (Å²) in [5.41, 5.74) is 13.9. The van der Waals surface area contributed by atoms with E-state index in [0.717, 1.165) is 48.2 Å². The fraction of sp³-hybridized carbons (Fsp3) is 0.615. The van der Waals surface area contributed by atoms with Gasteiger partial charge < -0.3 is 58.7 Å². The summed E-state index contributed by atoms with van der Waals surface area (Å²) in [6.07, 6.45) is 10.3. The number of quaternary nitrogens is 2. The molecular formula is C52H82N4O8S2. The molecule has 2 aromatic carbocycles. The van der Waals surface area contributed by atoms with Gasteiger partial charge in [-0.15, -0.1) is 22.7 Å². The first-order chi connectivity index (χ1) is 31.9. The molecule has 0 saturated heterocycles. The van der Waals surface area contributed by atoms with Crippen LogP contribution in [-0.4, -0.2) is 139 Å². The van der Waals surface area contributed by atoms with Crippen molar-refractivity contribution in [3.63, 3.8) is 0 Å². The summed E-state index contributed by atoms with van der Waals surface area (Å²) in [6.45, 7) is 11.8. The molecule has 0 saturated carbocycles. The van der Waals surface area contributed by atoms with E-state index in [1.54, 1.807) is 22.7 Å². The van der Waals surface area contributed by atoms with Gasteiger partial charge in [-0.2, -0.15) is 0 Å². The van der Waals surface area contributed by atoms with E-state index >= 15 is 0 Å². The normalized spacial score (nSPS) is 13.0.